The first kappa shape index (κ1) is 17.5. The molecule has 0 aliphatic carbocycles. The van der Waals surface area contributed by atoms with Gasteiger partial charge in [0.05, 0.1) is 13.2 Å². The molecular weight excluding hydrogens is 324 g/mol. The van der Waals surface area contributed by atoms with E-state index < -0.39 is 5.97 Å². The molecule has 7 heteroatoms. The highest BCUT2D eigenvalue weighted by atomic mass is 35.5. The third kappa shape index (κ3) is 4.12. The average Bonchev–Trinajstić information content (AvgIpc) is 2.88. The van der Waals surface area contributed by atoms with Crippen LogP contribution in [0, 0.1) is 5.92 Å². The van der Waals surface area contributed by atoms with E-state index in [1.165, 1.54) is 18.4 Å². The standard InChI is InChI=1S/C15H23ClN2O3S/c1-4-9(5-2)11-8-10(6-7-21-11)17-15-18-13(16)12(22-15)14(19)20-3/h9-11H,4-8H2,1-3H3,(H,17,18). The molecule has 1 aliphatic heterocycles. The van der Waals surface area contributed by atoms with E-state index in [-0.39, 0.29) is 11.3 Å². The van der Waals surface area contributed by atoms with Gasteiger partial charge in [-0.25, -0.2) is 9.78 Å². The van der Waals surface area contributed by atoms with Gasteiger partial charge in [-0.3, -0.25) is 0 Å². The van der Waals surface area contributed by atoms with Crippen molar-refractivity contribution in [3.05, 3.63) is 10.0 Å². The first-order chi connectivity index (χ1) is 10.6. The van der Waals surface area contributed by atoms with Crippen molar-refractivity contribution in [3.8, 4) is 0 Å². The van der Waals surface area contributed by atoms with Crippen LogP contribution in [0.5, 0.6) is 0 Å². The topological polar surface area (TPSA) is 60.5 Å². The Labute approximate surface area is 140 Å². The molecule has 2 rings (SSSR count). The smallest absolute Gasteiger partial charge is 0.351 e. The van der Waals surface area contributed by atoms with Crippen molar-refractivity contribution >= 4 is 34.0 Å². The van der Waals surface area contributed by atoms with Crippen molar-refractivity contribution in [2.45, 2.75) is 51.7 Å². The fourth-order valence-electron chi connectivity index (χ4n) is 2.86. The van der Waals surface area contributed by atoms with Crippen LogP contribution in [0.25, 0.3) is 0 Å². The molecule has 1 fully saturated rings. The number of methoxy groups -OCH3 is 1. The summed E-state index contributed by atoms with van der Waals surface area (Å²) in [6.45, 7) is 5.16. The van der Waals surface area contributed by atoms with Crippen LogP contribution in [0.4, 0.5) is 5.13 Å². The Morgan fingerprint density at radius 1 is 1.55 bits per heavy atom. The summed E-state index contributed by atoms with van der Waals surface area (Å²) in [6.07, 6.45) is 4.43. The third-order valence-corrected chi connectivity index (χ3v) is 5.53. The zero-order valence-electron chi connectivity index (χ0n) is 13.2. The zero-order valence-corrected chi connectivity index (χ0v) is 14.8. The summed E-state index contributed by atoms with van der Waals surface area (Å²) in [5.74, 6) is 0.146. The first-order valence-electron chi connectivity index (χ1n) is 7.71. The van der Waals surface area contributed by atoms with Crippen molar-refractivity contribution in [2.75, 3.05) is 19.0 Å². The number of anilines is 1. The molecule has 2 unspecified atom stereocenters. The summed E-state index contributed by atoms with van der Waals surface area (Å²) in [4.78, 5) is 16.1. The summed E-state index contributed by atoms with van der Waals surface area (Å²) in [7, 11) is 1.34. The summed E-state index contributed by atoms with van der Waals surface area (Å²) < 4.78 is 10.6. The first-order valence-corrected chi connectivity index (χ1v) is 8.91. The molecule has 1 N–H and O–H groups in total. The van der Waals surface area contributed by atoms with Gasteiger partial charge in [0.15, 0.2) is 15.2 Å². The number of esters is 1. The predicted molar refractivity (Wildman–Crippen MR) is 88.9 cm³/mol. The molecule has 0 spiro atoms. The number of hydrogen-bond acceptors (Lipinski definition) is 6. The molecule has 22 heavy (non-hydrogen) atoms. The molecule has 1 aromatic rings. The third-order valence-electron chi connectivity index (χ3n) is 4.17. The van der Waals surface area contributed by atoms with E-state index in [4.69, 9.17) is 21.1 Å². The summed E-state index contributed by atoms with van der Waals surface area (Å²) in [5, 5.41) is 4.25. The molecule has 0 saturated carbocycles. The van der Waals surface area contributed by atoms with Crippen molar-refractivity contribution in [1.82, 2.24) is 4.98 Å². The molecule has 1 aromatic heterocycles. The van der Waals surface area contributed by atoms with Gasteiger partial charge in [0.25, 0.3) is 0 Å². The summed E-state index contributed by atoms with van der Waals surface area (Å²) in [6, 6.07) is 0.298. The van der Waals surface area contributed by atoms with Gasteiger partial charge in [-0.1, -0.05) is 49.6 Å². The molecule has 2 atom stereocenters. The molecule has 0 aromatic carbocycles. The lowest BCUT2D eigenvalue weighted by molar-refractivity contribution is -0.0271. The maximum atomic E-state index is 11.6. The van der Waals surface area contributed by atoms with Crippen LogP contribution in [0.15, 0.2) is 0 Å². The van der Waals surface area contributed by atoms with Gasteiger partial charge in [0.2, 0.25) is 0 Å². The van der Waals surface area contributed by atoms with E-state index in [1.807, 2.05) is 0 Å². The highest BCUT2D eigenvalue weighted by molar-refractivity contribution is 7.18. The van der Waals surface area contributed by atoms with Gasteiger partial charge in [0, 0.05) is 12.6 Å². The van der Waals surface area contributed by atoms with Gasteiger partial charge in [-0.05, 0) is 18.8 Å². The lowest BCUT2D eigenvalue weighted by Crippen LogP contribution is -2.37. The fourth-order valence-corrected chi connectivity index (χ4v) is 4.04. The van der Waals surface area contributed by atoms with E-state index >= 15 is 0 Å². The number of nitrogens with zero attached hydrogens (tertiary/aromatic N) is 1. The quantitative estimate of drug-likeness (QED) is 0.789. The zero-order chi connectivity index (χ0) is 16.1. The Hall–Kier alpha value is -0.850. The molecular formula is C15H23ClN2O3S. The normalized spacial score (nSPS) is 21.9. The Kier molecular flexibility index (Phi) is 6.47. The Balaban J connectivity index is 2.00. The highest BCUT2D eigenvalue weighted by Gasteiger charge is 2.28. The second-order valence-corrected chi connectivity index (χ2v) is 6.84. The van der Waals surface area contributed by atoms with Crippen LogP contribution >= 0.6 is 22.9 Å². The second-order valence-electron chi connectivity index (χ2n) is 5.48. The van der Waals surface area contributed by atoms with Gasteiger partial charge in [-0.2, -0.15) is 0 Å². The summed E-state index contributed by atoms with van der Waals surface area (Å²) in [5.41, 5.74) is 0. The molecule has 0 amide bonds. The second kappa shape index (κ2) is 8.13. The maximum absolute atomic E-state index is 11.6. The molecule has 5 nitrogen and oxygen atoms in total. The molecule has 1 saturated heterocycles. The predicted octanol–water partition coefficient (Wildman–Crippen LogP) is 3.98. The Morgan fingerprint density at radius 3 is 2.91 bits per heavy atom. The molecule has 0 bridgehead atoms. The SMILES string of the molecule is CCC(CC)C1CC(Nc2nc(Cl)c(C(=O)OC)s2)CCO1. The number of halogens is 1. The van der Waals surface area contributed by atoms with Crippen LogP contribution in [-0.4, -0.2) is 36.8 Å². The molecule has 1 aliphatic rings. The van der Waals surface area contributed by atoms with Gasteiger partial charge in [-0.15, -0.1) is 0 Å². The van der Waals surface area contributed by atoms with Crippen molar-refractivity contribution in [1.29, 1.82) is 0 Å². The van der Waals surface area contributed by atoms with Crippen LogP contribution in [0.2, 0.25) is 5.15 Å². The minimum Gasteiger partial charge on any atom is -0.465 e. The van der Waals surface area contributed by atoms with Crippen LogP contribution < -0.4 is 5.32 Å². The Bertz CT molecular complexity index is 505. The number of carbonyl (C=O) groups is 1. The molecule has 124 valence electrons. The van der Waals surface area contributed by atoms with Crippen LogP contribution in [-0.2, 0) is 9.47 Å². The van der Waals surface area contributed by atoms with Gasteiger partial charge in [0.1, 0.15) is 0 Å². The monoisotopic (exact) mass is 346 g/mol. The molecule has 0 radical (unpaired) electrons. The largest absolute Gasteiger partial charge is 0.465 e. The van der Waals surface area contributed by atoms with E-state index in [0.29, 0.717) is 22.0 Å². The number of rotatable bonds is 6. The number of ether oxygens (including phenoxy) is 2. The van der Waals surface area contributed by atoms with E-state index in [2.05, 4.69) is 24.1 Å². The number of aromatic nitrogens is 1. The number of nitrogens with one attached hydrogen (secondary N) is 1. The average molecular weight is 347 g/mol. The van der Waals surface area contributed by atoms with Crippen molar-refractivity contribution in [3.63, 3.8) is 0 Å². The number of hydrogen-bond donors (Lipinski definition) is 1. The van der Waals surface area contributed by atoms with Crippen LogP contribution in [0.3, 0.4) is 0 Å². The van der Waals surface area contributed by atoms with Crippen molar-refractivity contribution < 1.29 is 14.3 Å². The fraction of sp³-hybridized carbons (Fsp3) is 0.733. The molecule has 2 heterocycles. The van der Waals surface area contributed by atoms with Crippen molar-refractivity contribution in [2.24, 2.45) is 5.92 Å². The number of carbonyl (C=O) groups excluding carboxylic acids is 1. The number of thiazole rings is 1. The summed E-state index contributed by atoms with van der Waals surface area (Å²) >= 11 is 7.23. The van der Waals surface area contributed by atoms with E-state index in [0.717, 1.165) is 32.3 Å². The van der Waals surface area contributed by atoms with Crippen LogP contribution in [0.1, 0.15) is 49.2 Å². The minimum atomic E-state index is -0.447. The van der Waals surface area contributed by atoms with E-state index in [9.17, 15) is 4.79 Å². The van der Waals surface area contributed by atoms with E-state index in [1.54, 1.807) is 0 Å². The Morgan fingerprint density at radius 2 is 2.27 bits per heavy atom. The van der Waals surface area contributed by atoms with Gasteiger partial charge < -0.3 is 14.8 Å². The highest BCUT2D eigenvalue weighted by Crippen LogP contribution is 2.31. The van der Waals surface area contributed by atoms with Gasteiger partial charge >= 0.3 is 5.97 Å². The maximum Gasteiger partial charge on any atom is 0.351 e. The lowest BCUT2D eigenvalue weighted by Gasteiger charge is -2.34. The lowest BCUT2D eigenvalue weighted by atomic mass is 9.89. The minimum absolute atomic E-state index is 0.197.